The normalized spacial score (nSPS) is 54.4. The van der Waals surface area contributed by atoms with Gasteiger partial charge in [0.25, 0.3) is 0 Å². The van der Waals surface area contributed by atoms with Crippen LogP contribution in [0.2, 0.25) is 0 Å². The molecule has 4 N–H and O–H groups in total. The first kappa shape index (κ1) is 26.8. The molecule has 0 bridgehead atoms. The van der Waals surface area contributed by atoms with Crippen molar-refractivity contribution < 1.29 is 44.2 Å². The van der Waals surface area contributed by atoms with Crippen molar-refractivity contribution in [3.05, 3.63) is 11.6 Å². The number of hydrogen-bond donors (Lipinski definition) is 4. The van der Waals surface area contributed by atoms with Crippen molar-refractivity contribution in [3.63, 3.8) is 0 Å². The van der Waals surface area contributed by atoms with E-state index < -0.39 is 46.6 Å². The van der Waals surface area contributed by atoms with E-state index in [1.807, 2.05) is 0 Å². The first-order chi connectivity index (χ1) is 18.0. The molecule has 2 aliphatic heterocycles. The standard InChI is InChI=1S/C29H42O9/c1-16-25(33)22(31)12-24(37-16)38-18-3-8-27(15-30)20-4-7-26(2)19(17-11-23(32)36-14-17)6-10-29(26,35)21(20)5-9-28(27,34)13-18/h11,15-16,18-22,24-25,31,33-35H,3-10,12-14H2,1-2H3/t16-,18+,19-,20?,21?,22+,24+,25-,26-,27+,28+,29+/m1/s1. The predicted molar refractivity (Wildman–Crippen MR) is 133 cm³/mol. The van der Waals surface area contributed by atoms with Crippen molar-refractivity contribution in [1.29, 1.82) is 0 Å². The van der Waals surface area contributed by atoms with E-state index in [0.717, 1.165) is 31.1 Å². The summed E-state index contributed by atoms with van der Waals surface area (Å²) in [5.41, 5.74) is -2.60. The van der Waals surface area contributed by atoms with Gasteiger partial charge in [0.1, 0.15) is 19.0 Å². The monoisotopic (exact) mass is 534 g/mol. The zero-order valence-electron chi connectivity index (χ0n) is 22.4. The minimum absolute atomic E-state index is 0.0729. The maximum Gasteiger partial charge on any atom is 0.331 e. The molecule has 2 heterocycles. The van der Waals surface area contributed by atoms with Gasteiger partial charge >= 0.3 is 5.97 Å². The Bertz CT molecular complexity index is 1000. The number of aliphatic hydroxyl groups excluding tert-OH is 2. The summed E-state index contributed by atoms with van der Waals surface area (Å²) < 4.78 is 17.1. The lowest BCUT2D eigenvalue weighted by Crippen LogP contribution is -2.69. The number of aliphatic hydroxyl groups is 4. The lowest BCUT2D eigenvalue weighted by Gasteiger charge is -2.65. The average Bonchev–Trinajstić information content (AvgIpc) is 3.41. The van der Waals surface area contributed by atoms with E-state index in [4.69, 9.17) is 14.2 Å². The van der Waals surface area contributed by atoms with Gasteiger partial charge in [-0.25, -0.2) is 4.79 Å². The van der Waals surface area contributed by atoms with Crippen LogP contribution in [0.1, 0.15) is 78.1 Å². The maximum absolute atomic E-state index is 12.9. The van der Waals surface area contributed by atoms with Crippen molar-refractivity contribution in [1.82, 2.24) is 0 Å². The highest BCUT2D eigenvalue weighted by Crippen LogP contribution is 2.70. The number of cyclic esters (lactones) is 1. The summed E-state index contributed by atoms with van der Waals surface area (Å²) >= 11 is 0. The van der Waals surface area contributed by atoms with Gasteiger partial charge in [0.05, 0.1) is 34.9 Å². The molecule has 4 aliphatic carbocycles. The summed E-state index contributed by atoms with van der Waals surface area (Å²) in [4.78, 5) is 24.7. The Morgan fingerprint density at radius 3 is 2.50 bits per heavy atom. The second-order valence-corrected chi connectivity index (χ2v) is 13.3. The Balaban J connectivity index is 1.22. The summed E-state index contributed by atoms with van der Waals surface area (Å²) in [5.74, 6) is -0.473. The fourth-order valence-electron chi connectivity index (χ4n) is 9.76. The van der Waals surface area contributed by atoms with Crippen LogP contribution in [0.5, 0.6) is 0 Å². The van der Waals surface area contributed by atoms with Gasteiger partial charge in [0.2, 0.25) is 0 Å². The van der Waals surface area contributed by atoms with E-state index in [9.17, 15) is 30.0 Å². The topological polar surface area (TPSA) is 143 Å². The van der Waals surface area contributed by atoms with Crippen molar-refractivity contribution >= 4 is 12.3 Å². The van der Waals surface area contributed by atoms with E-state index in [0.29, 0.717) is 45.1 Å². The molecule has 6 aliphatic rings. The summed E-state index contributed by atoms with van der Waals surface area (Å²) in [6.07, 6.45) is 4.50. The van der Waals surface area contributed by atoms with Gasteiger partial charge in [-0.2, -0.15) is 0 Å². The lowest BCUT2D eigenvalue weighted by atomic mass is 9.41. The third kappa shape index (κ3) is 3.65. The zero-order chi connectivity index (χ0) is 27.1. The Hall–Kier alpha value is -1.36. The molecule has 212 valence electrons. The number of aldehydes is 1. The molecule has 0 aromatic heterocycles. The highest BCUT2D eigenvalue weighted by Gasteiger charge is 2.71. The molecule has 9 heteroatoms. The van der Waals surface area contributed by atoms with Crippen molar-refractivity contribution in [2.45, 2.75) is 120 Å². The molecule has 38 heavy (non-hydrogen) atoms. The van der Waals surface area contributed by atoms with Gasteiger partial charge in [-0.05, 0) is 81.6 Å². The van der Waals surface area contributed by atoms with Crippen molar-refractivity contribution in [2.24, 2.45) is 28.6 Å². The SMILES string of the molecule is C[C@H]1O[C@@H](O[C@H]2CC[C@]3(C=O)C4CC[C@]5(C)[C@@H](C6=CC(=O)OC6)CC[C@]5(O)C4CC[C@]3(O)C2)C[C@H](O)[C@@H]1O. The van der Waals surface area contributed by atoms with E-state index in [2.05, 4.69) is 6.92 Å². The molecule has 0 spiro atoms. The number of esters is 1. The van der Waals surface area contributed by atoms with E-state index in [1.54, 1.807) is 13.0 Å². The molecule has 5 fully saturated rings. The van der Waals surface area contributed by atoms with Gasteiger partial charge in [0, 0.05) is 24.3 Å². The van der Waals surface area contributed by atoms with E-state index in [-0.39, 0.29) is 36.2 Å². The number of fused-ring (bicyclic) bond motifs is 5. The quantitative estimate of drug-likeness (QED) is 0.241. The second-order valence-electron chi connectivity index (χ2n) is 13.3. The van der Waals surface area contributed by atoms with Crippen LogP contribution in [-0.2, 0) is 23.8 Å². The molecule has 0 aromatic carbocycles. The summed E-state index contributed by atoms with van der Waals surface area (Å²) in [5, 5.41) is 44.6. The van der Waals surface area contributed by atoms with Crippen LogP contribution >= 0.6 is 0 Å². The Labute approximate surface area is 223 Å². The van der Waals surface area contributed by atoms with Crippen LogP contribution < -0.4 is 0 Å². The average molecular weight is 535 g/mol. The van der Waals surface area contributed by atoms with Crippen LogP contribution in [0.15, 0.2) is 11.6 Å². The number of carbonyl (C=O) groups is 2. The van der Waals surface area contributed by atoms with Gasteiger partial charge in [-0.3, -0.25) is 0 Å². The smallest absolute Gasteiger partial charge is 0.331 e. The Kier molecular flexibility index (Phi) is 6.41. The van der Waals surface area contributed by atoms with Gasteiger partial charge < -0.3 is 39.4 Å². The predicted octanol–water partition coefficient (Wildman–Crippen LogP) is 1.78. The third-order valence-electron chi connectivity index (χ3n) is 11.9. The van der Waals surface area contributed by atoms with E-state index >= 15 is 0 Å². The molecule has 0 aromatic rings. The maximum atomic E-state index is 12.9. The largest absolute Gasteiger partial charge is 0.458 e. The number of rotatable bonds is 4. The lowest BCUT2D eigenvalue weighted by molar-refractivity contribution is -0.286. The second kappa shape index (κ2) is 9.08. The first-order valence-corrected chi connectivity index (χ1v) is 14.4. The van der Waals surface area contributed by atoms with Crippen LogP contribution in [0.3, 0.4) is 0 Å². The minimum Gasteiger partial charge on any atom is -0.458 e. The molecule has 9 nitrogen and oxygen atoms in total. The van der Waals surface area contributed by atoms with E-state index in [1.165, 1.54) is 0 Å². The number of hydrogen-bond acceptors (Lipinski definition) is 9. The molecule has 1 saturated heterocycles. The minimum atomic E-state index is -1.24. The zero-order valence-corrected chi connectivity index (χ0v) is 22.4. The Morgan fingerprint density at radius 1 is 1.05 bits per heavy atom. The molecule has 2 unspecified atom stereocenters. The molecule has 0 amide bonds. The molecule has 6 rings (SSSR count). The van der Waals surface area contributed by atoms with Gasteiger partial charge in [-0.1, -0.05) is 6.92 Å². The van der Waals surface area contributed by atoms with Crippen LogP contribution in [0.25, 0.3) is 0 Å². The van der Waals surface area contributed by atoms with Crippen molar-refractivity contribution in [2.75, 3.05) is 6.61 Å². The van der Waals surface area contributed by atoms with Crippen LogP contribution in [-0.4, -0.2) is 81.2 Å². The summed E-state index contributed by atoms with van der Waals surface area (Å²) in [6.45, 7) is 4.13. The molecule has 12 atom stereocenters. The molecular weight excluding hydrogens is 492 g/mol. The first-order valence-electron chi connectivity index (χ1n) is 14.4. The van der Waals surface area contributed by atoms with Crippen molar-refractivity contribution in [3.8, 4) is 0 Å². The Morgan fingerprint density at radius 2 is 1.82 bits per heavy atom. The molecule has 0 radical (unpaired) electrons. The summed E-state index contributed by atoms with van der Waals surface area (Å²) in [7, 11) is 0. The highest BCUT2D eigenvalue weighted by molar-refractivity contribution is 5.85. The highest BCUT2D eigenvalue weighted by atomic mass is 16.7. The fraction of sp³-hybridized carbons (Fsp3) is 0.862. The number of ether oxygens (including phenoxy) is 3. The van der Waals surface area contributed by atoms with Gasteiger partial charge in [-0.15, -0.1) is 0 Å². The fourth-order valence-corrected chi connectivity index (χ4v) is 9.76. The summed E-state index contributed by atoms with van der Waals surface area (Å²) in [6, 6.07) is 0. The third-order valence-corrected chi connectivity index (χ3v) is 11.9. The van der Waals surface area contributed by atoms with Crippen LogP contribution in [0.4, 0.5) is 0 Å². The molecule has 4 saturated carbocycles. The number of carbonyl (C=O) groups excluding carboxylic acids is 2. The van der Waals surface area contributed by atoms with Gasteiger partial charge in [0.15, 0.2) is 6.29 Å². The molecular formula is C29H42O9. The van der Waals surface area contributed by atoms with Crippen LogP contribution in [0, 0.1) is 28.6 Å².